The van der Waals surface area contributed by atoms with Crippen molar-refractivity contribution in [3.63, 3.8) is 0 Å². The number of benzene rings is 2. The van der Waals surface area contributed by atoms with Crippen molar-refractivity contribution in [2.75, 3.05) is 23.3 Å². The molecular formula is C24H24FN3O3. The molecule has 1 N–H and O–H groups in total. The number of hydrogen-bond acceptors (Lipinski definition) is 4. The third-order valence-corrected chi connectivity index (χ3v) is 5.74. The highest BCUT2D eigenvalue weighted by molar-refractivity contribution is 6.45. The molecule has 0 radical (unpaired) electrons. The summed E-state index contributed by atoms with van der Waals surface area (Å²) in [4.78, 5) is 41.3. The monoisotopic (exact) mass is 421 g/mol. The van der Waals surface area contributed by atoms with E-state index in [0.29, 0.717) is 47.2 Å². The number of nitrogens with zero attached hydrogens (tertiary/aromatic N) is 2. The van der Waals surface area contributed by atoms with Crippen LogP contribution in [0.3, 0.4) is 0 Å². The number of piperidine rings is 1. The molecule has 2 aromatic rings. The van der Waals surface area contributed by atoms with Gasteiger partial charge in [-0.25, -0.2) is 9.29 Å². The number of hydrogen-bond donors (Lipinski definition) is 1. The molecule has 0 unspecified atom stereocenters. The quantitative estimate of drug-likeness (QED) is 0.763. The van der Waals surface area contributed by atoms with E-state index in [-0.39, 0.29) is 5.91 Å². The summed E-state index contributed by atoms with van der Waals surface area (Å²) in [6, 6.07) is 12.2. The van der Waals surface area contributed by atoms with Gasteiger partial charge in [0.1, 0.15) is 11.5 Å². The fourth-order valence-electron chi connectivity index (χ4n) is 4.05. The molecule has 3 amide bonds. The molecule has 1 saturated heterocycles. The fraction of sp³-hybridized carbons (Fsp3) is 0.292. The van der Waals surface area contributed by atoms with Crippen LogP contribution in [0, 0.1) is 11.7 Å². The van der Waals surface area contributed by atoms with E-state index in [0.717, 1.165) is 17.7 Å². The Morgan fingerprint density at radius 1 is 0.968 bits per heavy atom. The van der Waals surface area contributed by atoms with Gasteiger partial charge in [-0.3, -0.25) is 14.4 Å². The predicted octanol–water partition coefficient (Wildman–Crippen LogP) is 3.80. The van der Waals surface area contributed by atoms with Crippen LogP contribution in [0.15, 0.2) is 54.2 Å². The van der Waals surface area contributed by atoms with Gasteiger partial charge in [-0.2, -0.15) is 0 Å². The van der Waals surface area contributed by atoms with Crippen molar-refractivity contribution < 1.29 is 18.8 Å². The van der Waals surface area contributed by atoms with E-state index in [2.05, 4.69) is 12.2 Å². The maximum Gasteiger partial charge on any atom is 0.282 e. The van der Waals surface area contributed by atoms with E-state index in [1.807, 2.05) is 4.90 Å². The summed E-state index contributed by atoms with van der Waals surface area (Å²) in [5.74, 6) is -0.887. The minimum absolute atomic E-state index is 0.190. The average Bonchev–Trinajstić information content (AvgIpc) is 3.00. The molecule has 2 heterocycles. The Bertz CT molecular complexity index is 1050. The van der Waals surface area contributed by atoms with Gasteiger partial charge in [0.05, 0.1) is 11.3 Å². The van der Waals surface area contributed by atoms with Crippen LogP contribution in [0.25, 0.3) is 5.57 Å². The summed E-state index contributed by atoms with van der Waals surface area (Å²) in [6.07, 6.45) is 1.88. The number of halogens is 1. The van der Waals surface area contributed by atoms with Crippen LogP contribution in [0.5, 0.6) is 0 Å². The first-order valence-corrected chi connectivity index (χ1v) is 10.4. The topological polar surface area (TPSA) is 69.7 Å². The number of nitrogens with one attached hydrogen (secondary N) is 1. The standard InChI is InChI=1S/C24H24FN3O3/c1-15-11-13-27(14-12-15)22-21(17-3-7-19(8-4-17)26-16(2)29)23(30)28(24(22)31)20-9-5-18(25)6-10-20/h3-10,15H,11-14H2,1-2H3,(H,26,29). The van der Waals surface area contributed by atoms with Crippen LogP contribution < -0.4 is 10.2 Å². The number of carbonyl (C=O) groups is 3. The van der Waals surface area contributed by atoms with Crippen molar-refractivity contribution in [3.8, 4) is 0 Å². The molecule has 0 spiro atoms. The second-order valence-electron chi connectivity index (χ2n) is 8.07. The number of likely N-dealkylation sites (tertiary alicyclic amines) is 1. The average molecular weight is 421 g/mol. The molecule has 31 heavy (non-hydrogen) atoms. The minimum atomic E-state index is -0.435. The Kier molecular flexibility index (Phi) is 5.59. The van der Waals surface area contributed by atoms with E-state index >= 15 is 0 Å². The molecule has 0 saturated carbocycles. The Morgan fingerprint density at radius 2 is 1.58 bits per heavy atom. The van der Waals surface area contributed by atoms with Crippen LogP contribution in [0.2, 0.25) is 0 Å². The number of carbonyl (C=O) groups excluding carboxylic acids is 3. The first-order valence-electron chi connectivity index (χ1n) is 10.4. The number of amides is 3. The van der Waals surface area contributed by atoms with Crippen LogP contribution >= 0.6 is 0 Å². The van der Waals surface area contributed by atoms with Crippen LogP contribution in [0.1, 0.15) is 32.3 Å². The first kappa shape index (κ1) is 20.8. The molecule has 0 atom stereocenters. The lowest BCUT2D eigenvalue weighted by molar-refractivity contribution is -0.121. The highest BCUT2D eigenvalue weighted by Crippen LogP contribution is 2.36. The zero-order valence-electron chi connectivity index (χ0n) is 17.5. The summed E-state index contributed by atoms with van der Waals surface area (Å²) in [5, 5.41) is 2.70. The smallest absolute Gasteiger partial charge is 0.282 e. The number of anilines is 2. The fourth-order valence-corrected chi connectivity index (χ4v) is 4.05. The molecule has 2 aliphatic heterocycles. The minimum Gasteiger partial charge on any atom is -0.366 e. The second kappa shape index (κ2) is 8.34. The van der Waals surface area contributed by atoms with Gasteiger partial charge in [-0.15, -0.1) is 0 Å². The van der Waals surface area contributed by atoms with E-state index in [9.17, 15) is 18.8 Å². The molecule has 2 aromatic carbocycles. The summed E-state index contributed by atoms with van der Waals surface area (Å²) in [7, 11) is 0. The van der Waals surface area contributed by atoms with Gasteiger partial charge in [-0.1, -0.05) is 19.1 Å². The lowest BCUT2D eigenvalue weighted by Crippen LogP contribution is -2.38. The largest absolute Gasteiger partial charge is 0.366 e. The van der Waals surface area contributed by atoms with Crippen LogP contribution in [-0.2, 0) is 14.4 Å². The van der Waals surface area contributed by atoms with Crippen molar-refractivity contribution in [3.05, 3.63) is 65.6 Å². The highest BCUT2D eigenvalue weighted by Gasteiger charge is 2.42. The van der Waals surface area contributed by atoms with Crippen molar-refractivity contribution in [2.24, 2.45) is 5.92 Å². The van der Waals surface area contributed by atoms with Gasteiger partial charge in [0.25, 0.3) is 11.8 Å². The molecule has 7 heteroatoms. The lowest BCUT2D eigenvalue weighted by Gasteiger charge is -2.32. The van der Waals surface area contributed by atoms with Crippen LogP contribution in [-0.4, -0.2) is 35.7 Å². The maximum absolute atomic E-state index is 13.4. The van der Waals surface area contributed by atoms with Gasteiger partial charge < -0.3 is 10.2 Å². The van der Waals surface area contributed by atoms with Gasteiger partial charge in [0.2, 0.25) is 5.91 Å². The zero-order chi connectivity index (χ0) is 22.1. The van der Waals surface area contributed by atoms with Gasteiger partial charge >= 0.3 is 0 Å². The summed E-state index contributed by atoms with van der Waals surface area (Å²) >= 11 is 0. The summed E-state index contributed by atoms with van der Waals surface area (Å²) < 4.78 is 13.4. The lowest BCUT2D eigenvalue weighted by atomic mass is 9.97. The van der Waals surface area contributed by atoms with Crippen molar-refractivity contribution in [2.45, 2.75) is 26.7 Å². The molecule has 0 aromatic heterocycles. The van der Waals surface area contributed by atoms with Gasteiger partial charge in [0, 0.05) is 25.7 Å². The van der Waals surface area contributed by atoms with E-state index < -0.39 is 17.6 Å². The van der Waals surface area contributed by atoms with Crippen LogP contribution in [0.4, 0.5) is 15.8 Å². The summed E-state index contributed by atoms with van der Waals surface area (Å²) in [5.41, 5.74) is 2.26. The SMILES string of the molecule is CC(=O)Nc1ccc(C2=C(N3CCC(C)CC3)C(=O)N(c3ccc(F)cc3)C2=O)cc1. The van der Waals surface area contributed by atoms with Gasteiger partial charge in [0.15, 0.2) is 0 Å². The van der Waals surface area contributed by atoms with E-state index in [1.54, 1.807) is 24.3 Å². The maximum atomic E-state index is 13.4. The van der Waals surface area contributed by atoms with Gasteiger partial charge in [-0.05, 0) is 60.7 Å². The third-order valence-electron chi connectivity index (χ3n) is 5.74. The highest BCUT2D eigenvalue weighted by atomic mass is 19.1. The Labute approximate surface area is 180 Å². The molecule has 0 aliphatic carbocycles. The normalized spacial score (nSPS) is 17.5. The second-order valence-corrected chi connectivity index (χ2v) is 8.07. The number of rotatable bonds is 4. The number of imide groups is 1. The summed E-state index contributed by atoms with van der Waals surface area (Å²) in [6.45, 7) is 4.99. The molecule has 6 nitrogen and oxygen atoms in total. The Morgan fingerprint density at radius 3 is 2.16 bits per heavy atom. The predicted molar refractivity (Wildman–Crippen MR) is 117 cm³/mol. The third kappa shape index (κ3) is 4.08. The van der Waals surface area contributed by atoms with E-state index in [1.165, 1.54) is 31.2 Å². The Hall–Kier alpha value is -3.48. The molecule has 4 rings (SSSR count). The molecular weight excluding hydrogens is 397 g/mol. The van der Waals surface area contributed by atoms with E-state index in [4.69, 9.17) is 0 Å². The van der Waals surface area contributed by atoms with Crippen molar-refractivity contribution in [1.82, 2.24) is 4.90 Å². The van der Waals surface area contributed by atoms with Crippen molar-refractivity contribution in [1.29, 1.82) is 0 Å². The molecule has 160 valence electrons. The molecule has 2 aliphatic rings. The first-order chi connectivity index (χ1) is 14.8. The van der Waals surface area contributed by atoms with Crippen molar-refractivity contribution >= 4 is 34.7 Å². The Balaban J connectivity index is 1.76. The zero-order valence-corrected chi connectivity index (χ0v) is 17.5. The molecule has 0 bridgehead atoms. The molecule has 1 fully saturated rings.